The Bertz CT molecular complexity index is 7790. The van der Waals surface area contributed by atoms with Crippen molar-refractivity contribution in [1.82, 2.24) is 39.5 Å². The second-order valence-electron chi connectivity index (χ2n) is 31.2. The third-order valence-electron chi connectivity index (χ3n) is 23.0. The Morgan fingerprint density at radius 3 is 0.953 bits per heavy atom. The Morgan fingerprint density at radius 2 is 0.492 bits per heavy atom. The molecule has 16 aromatic carbocycles. The normalized spacial score (nSPS) is 11.1. The van der Waals surface area contributed by atoms with Crippen LogP contribution >= 0.6 is 0 Å². The first kappa shape index (κ1) is 77.9. The number of hydrogen-bond acceptors (Lipinski definition) is 10. The molecule has 0 aliphatic rings. The fraction of sp³-hybridized carbons (Fsp3) is 0. The number of benzene rings is 16. The van der Waals surface area contributed by atoms with E-state index in [1.807, 2.05) is 66.7 Å². The summed E-state index contributed by atoms with van der Waals surface area (Å²) in [4.78, 5) is 34.6. The van der Waals surface area contributed by atoms with Crippen LogP contribution in [0.4, 0.5) is 0 Å². The summed E-state index contributed by atoms with van der Waals surface area (Å²) in [5.41, 5.74) is 29.3. The summed E-state index contributed by atoms with van der Waals surface area (Å²) in [5, 5.41) is 4.92. The Hall–Kier alpha value is -17.4. The van der Waals surface area contributed by atoms with E-state index in [0.717, 1.165) is 123 Å². The van der Waals surface area contributed by atoms with Crippen LogP contribution in [-0.4, -0.2) is 39.5 Å². The minimum absolute atomic E-state index is 0.547. The lowest BCUT2D eigenvalue weighted by atomic mass is 9.96. The molecule has 0 atom stereocenters. The number of furan rings is 3. The van der Waals surface area contributed by atoms with Crippen molar-refractivity contribution in [2.24, 2.45) is 0 Å². The molecule has 0 saturated carbocycles. The van der Waals surface area contributed by atoms with E-state index in [0.29, 0.717) is 34.8 Å². The van der Waals surface area contributed by atoms with Gasteiger partial charge in [-0.25, -0.2) is 34.9 Å². The van der Waals surface area contributed by atoms with Crippen LogP contribution in [0.5, 0.6) is 0 Å². The third-order valence-corrected chi connectivity index (χ3v) is 23.0. The Balaban J connectivity index is 0.000000118. The molecule has 0 amide bonds. The van der Waals surface area contributed by atoms with Crippen molar-refractivity contribution in [3.8, 4) is 186 Å². The lowest BCUT2D eigenvalue weighted by Crippen LogP contribution is -1.97. The molecule has 0 unspecified atom stereocenters. The van der Waals surface area contributed by atoms with E-state index in [-0.39, 0.29) is 0 Å². The van der Waals surface area contributed by atoms with Crippen molar-refractivity contribution >= 4 is 32.6 Å². The molecule has 7 heterocycles. The van der Waals surface area contributed by atoms with Gasteiger partial charge in [-0.15, -0.1) is 0 Å². The molecule has 11 nitrogen and oxygen atoms in total. The smallest absolute Gasteiger partial charge is 0.196 e. The van der Waals surface area contributed by atoms with Crippen LogP contribution in [0.25, 0.3) is 219 Å². The topological polar surface area (TPSA) is 135 Å². The highest BCUT2D eigenvalue weighted by molar-refractivity contribution is 5.98. The SMILES string of the molecule is c1ccc(-c2ccc(-c3cc(-c4cccc(-c5ccc(-c6nc7ccccc7n6-c6ccccc6)cc5)c4)nc(-c4ccco4)n3)cc2)cc1.c1ccc(-c2ccc(-c3cc(-c4cccc(-c5ccc6ccccc6c5)c4)nc(-c4ccco4)n3)cc2)cc1.c1ccc(-c2ccc(-c3cc(-c4cccc(-c5cccc6ccccc56)c4)nc(-c4ccco4)n3)cc2)cc1. The highest BCUT2D eigenvalue weighted by Crippen LogP contribution is 2.40. The first-order valence-electron chi connectivity index (χ1n) is 42.6. The highest BCUT2D eigenvalue weighted by atomic mass is 16.3. The van der Waals surface area contributed by atoms with E-state index < -0.39 is 0 Å². The summed E-state index contributed by atoms with van der Waals surface area (Å²) in [5.74, 6) is 4.50. The molecule has 0 saturated heterocycles. The van der Waals surface area contributed by atoms with Gasteiger partial charge in [0.25, 0.3) is 0 Å². The van der Waals surface area contributed by atoms with Gasteiger partial charge in [0.05, 0.1) is 64.0 Å². The van der Waals surface area contributed by atoms with Gasteiger partial charge in [-0.1, -0.05) is 352 Å². The number of nitrogens with zero attached hydrogens (tertiary/aromatic N) is 8. The van der Waals surface area contributed by atoms with Crippen LogP contribution in [-0.2, 0) is 0 Å². The second-order valence-corrected chi connectivity index (χ2v) is 31.2. The average molecular weight is 1640 g/mol. The van der Waals surface area contributed by atoms with E-state index >= 15 is 0 Å². The van der Waals surface area contributed by atoms with Gasteiger partial charge < -0.3 is 13.3 Å². The minimum Gasteiger partial charge on any atom is -0.461 e. The van der Waals surface area contributed by atoms with Gasteiger partial charge in [-0.2, -0.15) is 0 Å². The maximum atomic E-state index is 5.74. The number of imidazole rings is 1. The number of fused-ring (bicyclic) bond motifs is 3. The molecular formula is C117H78N8O3. The lowest BCUT2D eigenvalue weighted by molar-refractivity contribution is 0.577. The molecule has 23 aromatic rings. The van der Waals surface area contributed by atoms with Crippen molar-refractivity contribution in [3.63, 3.8) is 0 Å². The van der Waals surface area contributed by atoms with Gasteiger partial charge in [0, 0.05) is 44.6 Å². The number of rotatable bonds is 17. The number of para-hydroxylation sites is 3. The van der Waals surface area contributed by atoms with Gasteiger partial charge in [0.1, 0.15) is 5.82 Å². The van der Waals surface area contributed by atoms with Crippen LogP contribution in [0, 0.1) is 0 Å². The molecule has 0 aliphatic carbocycles. The summed E-state index contributed by atoms with van der Waals surface area (Å²) in [6.07, 6.45) is 4.96. The predicted molar refractivity (Wildman–Crippen MR) is 520 cm³/mol. The van der Waals surface area contributed by atoms with Gasteiger partial charge >= 0.3 is 0 Å². The molecule has 7 aromatic heterocycles. The Labute approximate surface area is 740 Å². The van der Waals surface area contributed by atoms with E-state index in [1.54, 1.807) is 18.8 Å². The Kier molecular flexibility index (Phi) is 21.6. The molecule has 0 fully saturated rings. The zero-order valence-electron chi connectivity index (χ0n) is 69.3. The predicted octanol–water partition coefficient (Wildman–Crippen LogP) is 30.5. The molecule has 0 radical (unpaired) electrons. The van der Waals surface area contributed by atoms with Crippen LogP contribution in [0.1, 0.15) is 0 Å². The molecular weight excluding hydrogens is 1570 g/mol. The molecule has 23 rings (SSSR count). The van der Waals surface area contributed by atoms with Crippen molar-refractivity contribution in [2.75, 3.05) is 0 Å². The summed E-state index contributed by atoms with van der Waals surface area (Å²) >= 11 is 0. The van der Waals surface area contributed by atoms with Gasteiger partial charge in [-0.05, 0) is 191 Å². The number of aromatic nitrogens is 8. The molecule has 0 spiro atoms. The molecule has 0 N–H and O–H groups in total. The largest absolute Gasteiger partial charge is 0.461 e. The minimum atomic E-state index is 0.547. The lowest BCUT2D eigenvalue weighted by Gasteiger charge is -2.11. The zero-order valence-corrected chi connectivity index (χ0v) is 69.3. The maximum Gasteiger partial charge on any atom is 0.196 e. The van der Waals surface area contributed by atoms with Crippen molar-refractivity contribution < 1.29 is 13.3 Å². The van der Waals surface area contributed by atoms with Crippen molar-refractivity contribution in [3.05, 3.63) is 474 Å². The summed E-state index contributed by atoms with van der Waals surface area (Å²) < 4.78 is 19.4. The second kappa shape index (κ2) is 35.6. The standard InChI is InChI=1S/C45H30N4O.2C36H24N2O/c1-3-11-31(12-4-1)32-20-24-34(25-21-32)40-30-41(47-44(46-40)43-19-10-28-50-43)37-14-9-13-36(29-37)33-22-26-35(27-23-33)45-48-39-17-7-8-18-42(39)49(45)38-15-5-2-6-16-38;1-2-9-25(10-3-1)26-18-20-28(21-19-26)33-24-34(38-36(37-33)35-17-8-22-39-35)30-14-6-13-29(23-30)32-16-7-12-27-11-4-5-15-31(27)32;1-2-8-25(9-3-1)27-15-18-28(19-16-27)33-24-34(38-36(37-33)35-14-7-21-39-35)32-13-6-12-30(23-32)31-20-17-26-10-4-5-11-29(26)22-31/h1-30H;2*1-24H. The van der Waals surface area contributed by atoms with Gasteiger partial charge in [0.15, 0.2) is 34.8 Å². The van der Waals surface area contributed by atoms with Gasteiger partial charge in [0.2, 0.25) is 0 Å². The quantitative estimate of drug-likeness (QED) is 0.0867. The molecule has 128 heavy (non-hydrogen) atoms. The first-order valence-corrected chi connectivity index (χ1v) is 42.6. The molecule has 11 heteroatoms. The number of hydrogen-bond donors (Lipinski definition) is 0. The van der Waals surface area contributed by atoms with Crippen LogP contribution in [0.3, 0.4) is 0 Å². The summed E-state index contributed by atoms with van der Waals surface area (Å²) in [6.45, 7) is 0. The van der Waals surface area contributed by atoms with E-state index in [9.17, 15) is 0 Å². The maximum absolute atomic E-state index is 5.74. The Morgan fingerprint density at radius 1 is 0.180 bits per heavy atom. The fourth-order valence-electron chi connectivity index (χ4n) is 16.4. The van der Waals surface area contributed by atoms with E-state index in [4.69, 9.17) is 48.1 Å². The highest BCUT2D eigenvalue weighted by Gasteiger charge is 2.21. The monoisotopic (exact) mass is 1640 g/mol. The third kappa shape index (κ3) is 16.8. The molecule has 0 aliphatic heterocycles. The average Bonchev–Trinajstić information content (AvgIpc) is 1.61. The van der Waals surface area contributed by atoms with Crippen LogP contribution < -0.4 is 0 Å². The zero-order chi connectivity index (χ0) is 85.3. The van der Waals surface area contributed by atoms with Crippen LogP contribution in [0.2, 0.25) is 0 Å². The fourth-order valence-corrected chi connectivity index (χ4v) is 16.4. The summed E-state index contributed by atoms with van der Waals surface area (Å²) in [7, 11) is 0. The summed E-state index contributed by atoms with van der Waals surface area (Å²) in [6, 6.07) is 157. The molecule has 0 bridgehead atoms. The van der Waals surface area contributed by atoms with Crippen LogP contribution in [0.15, 0.2) is 487 Å². The van der Waals surface area contributed by atoms with Crippen molar-refractivity contribution in [1.29, 1.82) is 0 Å². The van der Waals surface area contributed by atoms with E-state index in [1.165, 1.54) is 60.5 Å². The first-order chi connectivity index (χ1) is 63.4. The van der Waals surface area contributed by atoms with E-state index in [2.05, 4.69) is 393 Å². The van der Waals surface area contributed by atoms with Crippen molar-refractivity contribution in [2.45, 2.75) is 0 Å². The molecule has 604 valence electrons. The van der Waals surface area contributed by atoms with Gasteiger partial charge in [-0.3, -0.25) is 4.57 Å².